The molecule has 0 saturated carbocycles. The summed E-state index contributed by atoms with van der Waals surface area (Å²) in [5.41, 5.74) is 3.46. The van der Waals surface area contributed by atoms with Crippen molar-refractivity contribution in [3.8, 4) is 0 Å². The van der Waals surface area contributed by atoms with Crippen LogP contribution >= 0.6 is 11.6 Å². The van der Waals surface area contributed by atoms with Gasteiger partial charge in [-0.25, -0.2) is 0 Å². The van der Waals surface area contributed by atoms with Crippen LogP contribution in [0.5, 0.6) is 0 Å². The Bertz CT molecular complexity index is 567. The highest BCUT2D eigenvalue weighted by Gasteiger charge is 2.08. The van der Waals surface area contributed by atoms with E-state index < -0.39 is 0 Å². The molecule has 0 aliphatic carbocycles. The van der Waals surface area contributed by atoms with Gasteiger partial charge in [-0.1, -0.05) is 24.3 Å². The van der Waals surface area contributed by atoms with Crippen LogP contribution in [0.4, 0.5) is 0 Å². The fourth-order valence-electron chi connectivity index (χ4n) is 1.75. The number of nitrogens with one attached hydrogen (secondary N) is 1. The predicted octanol–water partition coefficient (Wildman–Crippen LogP) is 3.06. The fraction of sp³-hybridized carbons (Fsp3) is 0.200. The standard InChI is InChI=1S/C15H15ClN2O/c1-11-14(3-2-8-17-11)15(19)18-10-13-6-4-12(9-16)5-7-13/h2-8H,9-10H2,1H3,(H,18,19). The first kappa shape index (κ1) is 13.6. The molecular formula is C15H15ClN2O. The van der Waals surface area contributed by atoms with E-state index in [0.29, 0.717) is 18.0 Å². The lowest BCUT2D eigenvalue weighted by atomic mass is 10.1. The average Bonchev–Trinajstić information content (AvgIpc) is 2.46. The molecule has 0 fully saturated rings. The maximum Gasteiger partial charge on any atom is 0.253 e. The van der Waals surface area contributed by atoms with Crippen LogP contribution in [0.15, 0.2) is 42.6 Å². The van der Waals surface area contributed by atoms with Crippen molar-refractivity contribution in [2.75, 3.05) is 0 Å². The summed E-state index contributed by atoms with van der Waals surface area (Å²) in [5.74, 6) is 0.397. The van der Waals surface area contributed by atoms with Crippen LogP contribution in [0.2, 0.25) is 0 Å². The quantitative estimate of drug-likeness (QED) is 0.871. The van der Waals surface area contributed by atoms with Crippen molar-refractivity contribution in [3.05, 3.63) is 65.0 Å². The largest absolute Gasteiger partial charge is 0.348 e. The van der Waals surface area contributed by atoms with Crippen molar-refractivity contribution in [3.63, 3.8) is 0 Å². The van der Waals surface area contributed by atoms with Gasteiger partial charge in [-0.15, -0.1) is 11.6 Å². The van der Waals surface area contributed by atoms with Crippen molar-refractivity contribution >= 4 is 17.5 Å². The molecule has 2 aromatic rings. The molecule has 0 aliphatic rings. The molecule has 1 aromatic heterocycles. The van der Waals surface area contributed by atoms with Gasteiger partial charge in [0.2, 0.25) is 0 Å². The summed E-state index contributed by atoms with van der Waals surface area (Å²) in [6, 6.07) is 11.4. The number of nitrogens with zero attached hydrogens (tertiary/aromatic N) is 1. The zero-order valence-corrected chi connectivity index (χ0v) is 11.4. The molecule has 4 heteroatoms. The maximum atomic E-state index is 12.0. The van der Waals surface area contributed by atoms with Crippen LogP contribution in [-0.2, 0) is 12.4 Å². The van der Waals surface area contributed by atoms with Crippen LogP contribution < -0.4 is 5.32 Å². The van der Waals surface area contributed by atoms with Gasteiger partial charge in [-0.2, -0.15) is 0 Å². The molecule has 0 saturated heterocycles. The number of halogens is 1. The molecule has 0 unspecified atom stereocenters. The molecule has 0 bridgehead atoms. The van der Waals surface area contributed by atoms with Gasteiger partial charge < -0.3 is 5.32 Å². The lowest BCUT2D eigenvalue weighted by molar-refractivity contribution is 0.0950. The minimum Gasteiger partial charge on any atom is -0.348 e. The average molecular weight is 275 g/mol. The summed E-state index contributed by atoms with van der Waals surface area (Å²) in [4.78, 5) is 16.1. The van der Waals surface area contributed by atoms with E-state index in [4.69, 9.17) is 11.6 Å². The molecule has 0 radical (unpaired) electrons. The van der Waals surface area contributed by atoms with E-state index in [1.54, 1.807) is 18.3 Å². The zero-order valence-electron chi connectivity index (χ0n) is 10.7. The van der Waals surface area contributed by atoms with Crippen LogP contribution in [0.1, 0.15) is 27.2 Å². The molecular weight excluding hydrogens is 260 g/mol. The van der Waals surface area contributed by atoms with Crippen LogP contribution in [0, 0.1) is 6.92 Å². The number of aryl methyl sites for hydroxylation is 1. The van der Waals surface area contributed by atoms with Crippen molar-refractivity contribution in [1.29, 1.82) is 0 Å². The second-order valence-corrected chi connectivity index (χ2v) is 4.54. The number of carbonyl (C=O) groups excluding carboxylic acids is 1. The number of alkyl halides is 1. The Balaban J connectivity index is 1.98. The molecule has 0 atom stereocenters. The third-order valence-corrected chi connectivity index (χ3v) is 3.19. The van der Waals surface area contributed by atoms with Gasteiger partial charge in [0, 0.05) is 24.3 Å². The summed E-state index contributed by atoms with van der Waals surface area (Å²) in [7, 11) is 0. The predicted molar refractivity (Wildman–Crippen MR) is 76.1 cm³/mol. The van der Waals surface area contributed by atoms with E-state index in [1.165, 1.54) is 0 Å². The van der Waals surface area contributed by atoms with Crippen molar-refractivity contribution in [2.45, 2.75) is 19.3 Å². The molecule has 1 amide bonds. The number of aromatic nitrogens is 1. The van der Waals surface area contributed by atoms with Gasteiger partial charge in [0.05, 0.1) is 5.56 Å². The highest BCUT2D eigenvalue weighted by atomic mass is 35.5. The smallest absolute Gasteiger partial charge is 0.253 e. The third kappa shape index (κ3) is 3.55. The van der Waals surface area contributed by atoms with Gasteiger partial charge in [0.1, 0.15) is 0 Å². The molecule has 3 nitrogen and oxygen atoms in total. The third-order valence-electron chi connectivity index (χ3n) is 2.88. The molecule has 1 N–H and O–H groups in total. The minimum atomic E-state index is -0.105. The van der Waals surface area contributed by atoms with Gasteiger partial charge in [0.25, 0.3) is 5.91 Å². The van der Waals surface area contributed by atoms with Crippen molar-refractivity contribution in [1.82, 2.24) is 10.3 Å². The van der Waals surface area contributed by atoms with Crippen LogP contribution in [0.3, 0.4) is 0 Å². The number of rotatable bonds is 4. The molecule has 98 valence electrons. The molecule has 0 aliphatic heterocycles. The minimum absolute atomic E-state index is 0.105. The van der Waals surface area contributed by atoms with Gasteiger partial charge in [-0.3, -0.25) is 9.78 Å². The number of hydrogen-bond donors (Lipinski definition) is 1. The Morgan fingerprint density at radius 2 is 1.89 bits per heavy atom. The number of pyridine rings is 1. The summed E-state index contributed by atoms with van der Waals surface area (Å²) < 4.78 is 0. The maximum absolute atomic E-state index is 12.0. The molecule has 1 heterocycles. The van der Waals surface area contributed by atoms with E-state index in [0.717, 1.165) is 16.8 Å². The fourth-order valence-corrected chi connectivity index (χ4v) is 1.93. The Morgan fingerprint density at radius 1 is 1.21 bits per heavy atom. The van der Waals surface area contributed by atoms with Crippen LogP contribution in [-0.4, -0.2) is 10.9 Å². The van der Waals surface area contributed by atoms with Crippen molar-refractivity contribution in [2.24, 2.45) is 0 Å². The first-order valence-electron chi connectivity index (χ1n) is 6.04. The lowest BCUT2D eigenvalue weighted by Crippen LogP contribution is -2.23. The van der Waals surface area contributed by atoms with Gasteiger partial charge in [-0.05, 0) is 30.2 Å². The molecule has 0 spiro atoms. The summed E-state index contributed by atoms with van der Waals surface area (Å²) in [6.45, 7) is 2.32. The van der Waals surface area contributed by atoms with Gasteiger partial charge in [0.15, 0.2) is 0 Å². The number of hydrogen-bond acceptors (Lipinski definition) is 2. The topological polar surface area (TPSA) is 42.0 Å². The van der Waals surface area contributed by atoms with E-state index in [9.17, 15) is 4.79 Å². The molecule has 1 aromatic carbocycles. The van der Waals surface area contributed by atoms with Crippen molar-refractivity contribution < 1.29 is 4.79 Å². The Morgan fingerprint density at radius 3 is 2.53 bits per heavy atom. The van der Waals surface area contributed by atoms with E-state index in [1.807, 2.05) is 31.2 Å². The molecule has 2 rings (SSSR count). The van der Waals surface area contributed by atoms with Crippen LogP contribution in [0.25, 0.3) is 0 Å². The van der Waals surface area contributed by atoms with E-state index in [-0.39, 0.29) is 5.91 Å². The summed E-state index contributed by atoms with van der Waals surface area (Å²) in [6.07, 6.45) is 1.68. The van der Waals surface area contributed by atoms with Gasteiger partial charge >= 0.3 is 0 Å². The lowest BCUT2D eigenvalue weighted by Gasteiger charge is -2.07. The number of amides is 1. The second-order valence-electron chi connectivity index (χ2n) is 4.27. The highest BCUT2D eigenvalue weighted by molar-refractivity contribution is 6.17. The van der Waals surface area contributed by atoms with E-state index >= 15 is 0 Å². The molecule has 19 heavy (non-hydrogen) atoms. The number of carbonyl (C=O) groups is 1. The first-order chi connectivity index (χ1) is 9.20. The summed E-state index contributed by atoms with van der Waals surface area (Å²) in [5, 5.41) is 2.88. The SMILES string of the molecule is Cc1ncccc1C(=O)NCc1ccc(CCl)cc1. The Labute approximate surface area is 117 Å². The monoisotopic (exact) mass is 274 g/mol. The second kappa shape index (κ2) is 6.34. The summed E-state index contributed by atoms with van der Waals surface area (Å²) >= 11 is 5.73. The Kier molecular flexibility index (Phi) is 4.53. The first-order valence-corrected chi connectivity index (χ1v) is 6.58. The number of benzene rings is 1. The zero-order chi connectivity index (χ0) is 13.7. The highest BCUT2D eigenvalue weighted by Crippen LogP contribution is 2.08. The van der Waals surface area contributed by atoms with E-state index in [2.05, 4.69) is 10.3 Å². The Hall–Kier alpha value is -1.87. The normalized spacial score (nSPS) is 10.2.